The van der Waals surface area contributed by atoms with E-state index in [9.17, 15) is 9.59 Å². The summed E-state index contributed by atoms with van der Waals surface area (Å²) in [7, 11) is 1.36. The summed E-state index contributed by atoms with van der Waals surface area (Å²) in [5.74, 6) is -0.319. The fourth-order valence-corrected chi connectivity index (χ4v) is 1.79. The number of esters is 1. The van der Waals surface area contributed by atoms with E-state index in [1.54, 1.807) is 12.1 Å². The second-order valence-corrected chi connectivity index (χ2v) is 4.29. The Hall–Kier alpha value is -2.10. The predicted molar refractivity (Wildman–Crippen MR) is 73.7 cm³/mol. The molecular weight excluding hydrogens is 242 g/mol. The molecule has 1 aromatic carbocycles. The van der Waals surface area contributed by atoms with Gasteiger partial charge in [0.05, 0.1) is 12.7 Å². The minimum atomic E-state index is -0.337. The first-order chi connectivity index (χ1) is 9.08. The van der Waals surface area contributed by atoms with Gasteiger partial charge in [0.25, 0.3) is 0 Å². The van der Waals surface area contributed by atoms with Crippen LogP contribution in [0.2, 0.25) is 0 Å². The largest absolute Gasteiger partial charge is 0.465 e. The van der Waals surface area contributed by atoms with E-state index < -0.39 is 0 Å². The average Bonchev–Trinajstić information content (AvgIpc) is 2.43. The maximum Gasteiger partial charge on any atom is 0.337 e. The van der Waals surface area contributed by atoms with Crippen LogP contribution in [0.5, 0.6) is 0 Å². The highest BCUT2D eigenvalue weighted by Crippen LogP contribution is 2.12. The molecule has 0 aliphatic carbocycles. The normalized spacial score (nSPS) is 11.2. The third kappa shape index (κ3) is 4.58. The van der Waals surface area contributed by atoms with Crippen molar-refractivity contribution in [3.63, 3.8) is 0 Å². The maximum absolute atomic E-state index is 11.3. The standard InChI is InChI=1S/C15H19NO3/c1-11(17)14(10-16)5-3-4-12-6-8-13(9-7-12)15(18)19-2/h6-10H,3-5,16H2,1-2H3/b14-10-. The quantitative estimate of drug-likeness (QED) is 0.629. The van der Waals surface area contributed by atoms with Crippen molar-refractivity contribution < 1.29 is 14.3 Å². The van der Waals surface area contributed by atoms with Crippen molar-refractivity contribution in [3.8, 4) is 0 Å². The van der Waals surface area contributed by atoms with E-state index in [-0.39, 0.29) is 11.8 Å². The molecule has 4 heteroatoms. The molecule has 0 atom stereocenters. The van der Waals surface area contributed by atoms with E-state index in [1.165, 1.54) is 20.2 Å². The van der Waals surface area contributed by atoms with Gasteiger partial charge in [0.15, 0.2) is 5.78 Å². The van der Waals surface area contributed by atoms with Crippen molar-refractivity contribution in [3.05, 3.63) is 47.2 Å². The van der Waals surface area contributed by atoms with E-state index in [2.05, 4.69) is 4.74 Å². The van der Waals surface area contributed by atoms with Gasteiger partial charge in [0.1, 0.15) is 0 Å². The van der Waals surface area contributed by atoms with Crippen LogP contribution in [0.25, 0.3) is 0 Å². The summed E-state index contributed by atoms with van der Waals surface area (Å²) in [6.45, 7) is 1.52. The minimum Gasteiger partial charge on any atom is -0.465 e. The molecular formula is C15H19NO3. The zero-order valence-corrected chi connectivity index (χ0v) is 11.3. The second-order valence-electron chi connectivity index (χ2n) is 4.29. The van der Waals surface area contributed by atoms with Crippen LogP contribution in [0.1, 0.15) is 35.7 Å². The highest BCUT2D eigenvalue weighted by Gasteiger charge is 2.05. The van der Waals surface area contributed by atoms with Gasteiger partial charge in [-0.15, -0.1) is 0 Å². The Kier molecular flexibility index (Phi) is 5.79. The number of rotatable bonds is 6. The summed E-state index contributed by atoms with van der Waals surface area (Å²) in [6.07, 6.45) is 3.74. The summed E-state index contributed by atoms with van der Waals surface area (Å²) >= 11 is 0. The maximum atomic E-state index is 11.3. The van der Waals surface area contributed by atoms with Gasteiger partial charge in [-0.1, -0.05) is 12.1 Å². The Bertz CT molecular complexity index is 475. The molecule has 0 spiro atoms. The molecule has 0 amide bonds. The van der Waals surface area contributed by atoms with E-state index in [0.29, 0.717) is 17.6 Å². The first-order valence-electron chi connectivity index (χ1n) is 6.17. The number of ether oxygens (including phenoxy) is 1. The Morgan fingerprint density at radius 3 is 2.37 bits per heavy atom. The van der Waals surface area contributed by atoms with E-state index >= 15 is 0 Å². The number of allylic oxidation sites excluding steroid dienone is 1. The molecule has 0 aromatic heterocycles. The average molecular weight is 261 g/mol. The highest BCUT2D eigenvalue weighted by atomic mass is 16.5. The van der Waals surface area contributed by atoms with Crippen molar-refractivity contribution in [2.75, 3.05) is 7.11 Å². The number of ketones is 1. The van der Waals surface area contributed by atoms with Gasteiger partial charge in [0, 0.05) is 11.8 Å². The fourth-order valence-electron chi connectivity index (χ4n) is 1.79. The lowest BCUT2D eigenvalue weighted by Crippen LogP contribution is -2.02. The summed E-state index contributed by atoms with van der Waals surface area (Å²) in [5.41, 5.74) is 7.70. The van der Waals surface area contributed by atoms with Crippen molar-refractivity contribution in [2.24, 2.45) is 5.73 Å². The molecule has 0 saturated heterocycles. The Labute approximate surface area is 113 Å². The molecule has 0 aliphatic heterocycles. The third-order valence-corrected chi connectivity index (χ3v) is 2.94. The molecule has 0 bridgehead atoms. The molecule has 2 N–H and O–H groups in total. The van der Waals surface area contributed by atoms with E-state index in [0.717, 1.165) is 18.4 Å². The molecule has 102 valence electrons. The van der Waals surface area contributed by atoms with Crippen molar-refractivity contribution in [2.45, 2.75) is 26.2 Å². The zero-order valence-electron chi connectivity index (χ0n) is 11.3. The Morgan fingerprint density at radius 2 is 1.89 bits per heavy atom. The molecule has 0 saturated carbocycles. The number of nitrogens with two attached hydrogens (primary N) is 1. The van der Waals surface area contributed by atoms with Gasteiger partial charge < -0.3 is 10.5 Å². The first-order valence-corrected chi connectivity index (χ1v) is 6.17. The van der Waals surface area contributed by atoms with E-state index in [4.69, 9.17) is 5.73 Å². The van der Waals surface area contributed by atoms with Crippen LogP contribution in [0, 0.1) is 0 Å². The molecule has 0 aliphatic rings. The Morgan fingerprint density at radius 1 is 1.26 bits per heavy atom. The molecule has 1 rings (SSSR count). The van der Waals surface area contributed by atoms with Gasteiger partial charge in [0.2, 0.25) is 0 Å². The minimum absolute atomic E-state index is 0.0172. The molecule has 0 radical (unpaired) electrons. The highest BCUT2D eigenvalue weighted by molar-refractivity contribution is 5.93. The van der Waals surface area contributed by atoms with Crippen LogP contribution in [-0.4, -0.2) is 18.9 Å². The topological polar surface area (TPSA) is 69.4 Å². The number of carbonyl (C=O) groups is 2. The molecule has 0 unspecified atom stereocenters. The van der Waals surface area contributed by atoms with Crippen LogP contribution >= 0.6 is 0 Å². The predicted octanol–water partition coefficient (Wildman–Crippen LogP) is 2.23. The number of aryl methyl sites for hydroxylation is 1. The number of methoxy groups -OCH3 is 1. The summed E-state index contributed by atoms with van der Waals surface area (Å²) < 4.78 is 4.63. The van der Waals surface area contributed by atoms with Crippen LogP contribution in [0.15, 0.2) is 36.0 Å². The van der Waals surface area contributed by atoms with E-state index in [1.807, 2.05) is 12.1 Å². The van der Waals surface area contributed by atoms with Gasteiger partial charge in [-0.2, -0.15) is 0 Å². The van der Waals surface area contributed by atoms with Gasteiger partial charge >= 0.3 is 5.97 Å². The Balaban J connectivity index is 2.51. The molecule has 0 fully saturated rings. The molecule has 19 heavy (non-hydrogen) atoms. The lowest BCUT2D eigenvalue weighted by atomic mass is 10.0. The van der Waals surface area contributed by atoms with Gasteiger partial charge in [-0.25, -0.2) is 4.79 Å². The van der Waals surface area contributed by atoms with Crippen molar-refractivity contribution in [1.29, 1.82) is 0 Å². The van der Waals surface area contributed by atoms with Gasteiger partial charge in [-0.05, 0) is 43.9 Å². The summed E-state index contributed by atoms with van der Waals surface area (Å²) in [4.78, 5) is 22.4. The lowest BCUT2D eigenvalue weighted by Gasteiger charge is -2.04. The van der Waals surface area contributed by atoms with Crippen molar-refractivity contribution in [1.82, 2.24) is 0 Å². The molecule has 1 aromatic rings. The molecule has 4 nitrogen and oxygen atoms in total. The number of Topliss-reactive ketones (excluding diaryl/α,β-unsaturated/α-hetero) is 1. The summed E-state index contributed by atoms with van der Waals surface area (Å²) in [5, 5.41) is 0. The zero-order chi connectivity index (χ0) is 14.3. The van der Waals surface area contributed by atoms with Gasteiger partial charge in [-0.3, -0.25) is 4.79 Å². The number of hydrogen-bond donors (Lipinski definition) is 1. The monoisotopic (exact) mass is 261 g/mol. The van der Waals surface area contributed by atoms with Crippen LogP contribution in [-0.2, 0) is 16.0 Å². The third-order valence-electron chi connectivity index (χ3n) is 2.94. The lowest BCUT2D eigenvalue weighted by molar-refractivity contribution is -0.113. The molecule has 0 heterocycles. The first kappa shape index (κ1) is 15.0. The van der Waals surface area contributed by atoms with Crippen LogP contribution in [0.3, 0.4) is 0 Å². The van der Waals surface area contributed by atoms with Crippen LogP contribution < -0.4 is 5.73 Å². The number of hydrogen-bond acceptors (Lipinski definition) is 4. The second kappa shape index (κ2) is 7.36. The smallest absolute Gasteiger partial charge is 0.337 e. The number of carbonyl (C=O) groups excluding carboxylic acids is 2. The number of benzene rings is 1. The van der Waals surface area contributed by atoms with Crippen LogP contribution in [0.4, 0.5) is 0 Å². The SMILES string of the molecule is COC(=O)c1ccc(CCC/C(=C/N)C(C)=O)cc1. The van der Waals surface area contributed by atoms with Crippen molar-refractivity contribution >= 4 is 11.8 Å². The fraction of sp³-hybridized carbons (Fsp3) is 0.333. The summed E-state index contributed by atoms with van der Waals surface area (Å²) in [6, 6.07) is 7.27.